The number of hydrogen-bond donors (Lipinski definition) is 2. The Bertz CT molecular complexity index is 1220. The third-order valence-corrected chi connectivity index (χ3v) is 5.32. The Kier molecular flexibility index (Phi) is 5.98. The Hall–Kier alpha value is -2.95. The molecule has 0 atom stereocenters. The highest BCUT2D eigenvalue weighted by atomic mass is 79.9. The number of nitrogens with one attached hydrogen (secondary N) is 2. The molecular weight excluding hydrogens is 495 g/mol. The molecule has 11 heteroatoms. The molecule has 0 spiro atoms. The molecule has 2 heterocycles. The van der Waals surface area contributed by atoms with Crippen molar-refractivity contribution in [1.29, 1.82) is 0 Å². The minimum absolute atomic E-state index is 0.318. The summed E-state index contributed by atoms with van der Waals surface area (Å²) < 4.78 is 17.9. The van der Waals surface area contributed by atoms with Crippen LogP contribution in [0.25, 0.3) is 11.4 Å². The van der Waals surface area contributed by atoms with Crippen LogP contribution in [0.1, 0.15) is 10.4 Å². The Labute approximate surface area is 187 Å². The second-order valence-electron chi connectivity index (χ2n) is 5.93. The van der Waals surface area contributed by atoms with Gasteiger partial charge in [-0.05, 0) is 58.4 Å². The van der Waals surface area contributed by atoms with Crippen molar-refractivity contribution in [2.24, 2.45) is 0 Å². The number of rotatable bonds is 5. The number of amides is 1. The van der Waals surface area contributed by atoms with E-state index in [0.717, 1.165) is 17.2 Å². The molecular formula is C19H11BrClFN6OS. The summed E-state index contributed by atoms with van der Waals surface area (Å²) in [6.07, 6.45) is 1.35. The summed E-state index contributed by atoms with van der Waals surface area (Å²) in [4.78, 5) is 24.7. The van der Waals surface area contributed by atoms with Crippen LogP contribution < -0.4 is 10.6 Å². The molecule has 7 nitrogen and oxygen atoms in total. The van der Waals surface area contributed by atoms with Crippen LogP contribution in [0.5, 0.6) is 0 Å². The summed E-state index contributed by atoms with van der Waals surface area (Å²) in [5, 5.41) is 6.45. The fraction of sp³-hybridized carbons (Fsp3) is 0. The molecule has 0 bridgehead atoms. The molecule has 2 aromatic heterocycles. The number of benzene rings is 2. The molecule has 0 fully saturated rings. The molecule has 0 saturated carbocycles. The second-order valence-corrected chi connectivity index (χ2v) is 7.93. The lowest BCUT2D eigenvalue weighted by atomic mass is 10.2. The minimum Gasteiger partial charge on any atom is -0.340 e. The third-order valence-electron chi connectivity index (χ3n) is 3.88. The lowest BCUT2D eigenvalue weighted by Gasteiger charge is -2.06. The van der Waals surface area contributed by atoms with Gasteiger partial charge in [0.1, 0.15) is 23.1 Å². The summed E-state index contributed by atoms with van der Waals surface area (Å²) in [6.45, 7) is 0. The smallest absolute Gasteiger partial charge is 0.257 e. The maximum Gasteiger partial charge on any atom is 0.257 e. The number of carbonyl (C=O) groups is 1. The van der Waals surface area contributed by atoms with Gasteiger partial charge in [-0.25, -0.2) is 14.4 Å². The van der Waals surface area contributed by atoms with E-state index >= 15 is 0 Å². The predicted octanol–water partition coefficient (Wildman–Crippen LogP) is 5.55. The van der Waals surface area contributed by atoms with E-state index in [1.54, 1.807) is 42.5 Å². The molecule has 0 saturated heterocycles. The first-order chi connectivity index (χ1) is 14.5. The first-order valence-electron chi connectivity index (χ1n) is 8.43. The molecule has 30 heavy (non-hydrogen) atoms. The van der Waals surface area contributed by atoms with Crippen LogP contribution >= 0.6 is 39.1 Å². The SMILES string of the molecule is O=C(Nc1nc(-c2ccc(F)c(Br)c2)ns1)c1ccc(Nc2cc(Cl)ncn2)cc1. The first kappa shape index (κ1) is 20.3. The van der Waals surface area contributed by atoms with Gasteiger partial charge in [0.2, 0.25) is 5.13 Å². The van der Waals surface area contributed by atoms with Crippen LogP contribution in [0.2, 0.25) is 5.15 Å². The van der Waals surface area contributed by atoms with Gasteiger partial charge in [0.05, 0.1) is 4.47 Å². The summed E-state index contributed by atoms with van der Waals surface area (Å²) in [6, 6.07) is 12.9. The van der Waals surface area contributed by atoms with Crippen molar-refractivity contribution in [1.82, 2.24) is 19.3 Å². The molecule has 1 amide bonds. The van der Waals surface area contributed by atoms with Gasteiger partial charge in [-0.1, -0.05) is 11.6 Å². The zero-order valence-corrected chi connectivity index (χ0v) is 18.1. The van der Waals surface area contributed by atoms with Gasteiger partial charge in [-0.3, -0.25) is 10.1 Å². The number of nitrogens with zero attached hydrogens (tertiary/aromatic N) is 4. The van der Waals surface area contributed by atoms with Crippen molar-refractivity contribution in [2.75, 3.05) is 10.6 Å². The summed E-state index contributed by atoms with van der Waals surface area (Å²) in [7, 11) is 0. The third kappa shape index (κ3) is 4.78. The van der Waals surface area contributed by atoms with E-state index in [2.05, 4.69) is 45.9 Å². The summed E-state index contributed by atoms with van der Waals surface area (Å²) in [5.74, 6) is 0.248. The molecule has 4 rings (SSSR count). The van der Waals surface area contributed by atoms with Crippen molar-refractivity contribution >= 4 is 61.6 Å². The molecule has 4 aromatic rings. The Morgan fingerprint density at radius 1 is 1.10 bits per heavy atom. The van der Waals surface area contributed by atoms with Crippen molar-refractivity contribution < 1.29 is 9.18 Å². The highest BCUT2D eigenvalue weighted by Crippen LogP contribution is 2.26. The lowest BCUT2D eigenvalue weighted by molar-refractivity contribution is 0.102. The molecule has 2 N–H and O–H groups in total. The van der Waals surface area contributed by atoms with Gasteiger partial charge in [0.25, 0.3) is 5.91 Å². The van der Waals surface area contributed by atoms with Crippen LogP contribution in [0.3, 0.4) is 0 Å². The molecule has 0 aliphatic carbocycles. The second kappa shape index (κ2) is 8.82. The van der Waals surface area contributed by atoms with Crippen molar-refractivity contribution in [3.8, 4) is 11.4 Å². The number of hydrogen-bond acceptors (Lipinski definition) is 7. The first-order valence-corrected chi connectivity index (χ1v) is 10.4. The van der Waals surface area contributed by atoms with Gasteiger partial charge < -0.3 is 5.32 Å². The van der Waals surface area contributed by atoms with Crippen molar-refractivity contribution in [3.63, 3.8) is 0 Å². The fourth-order valence-electron chi connectivity index (χ4n) is 2.45. The Morgan fingerprint density at radius 2 is 1.90 bits per heavy atom. The average Bonchev–Trinajstić information content (AvgIpc) is 3.19. The Balaban J connectivity index is 1.42. The maximum absolute atomic E-state index is 13.4. The van der Waals surface area contributed by atoms with E-state index in [-0.39, 0.29) is 11.7 Å². The lowest BCUT2D eigenvalue weighted by Crippen LogP contribution is -2.11. The minimum atomic E-state index is -0.372. The molecule has 0 radical (unpaired) electrons. The van der Waals surface area contributed by atoms with Crippen molar-refractivity contribution in [3.05, 3.63) is 75.9 Å². The zero-order chi connectivity index (χ0) is 21.1. The van der Waals surface area contributed by atoms with E-state index < -0.39 is 0 Å². The van der Waals surface area contributed by atoms with E-state index in [1.165, 1.54) is 12.4 Å². The topological polar surface area (TPSA) is 92.7 Å². The molecule has 2 aromatic carbocycles. The number of aromatic nitrogens is 4. The van der Waals surface area contributed by atoms with Gasteiger partial charge in [0.15, 0.2) is 5.82 Å². The Morgan fingerprint density at radius 3 is 2.63 bits per heavy atom. The normalized spacial score (nSPS) is 10.6. The standard InChI is InChI=1S/C19H11BrClFN6OS/c20-13-7-11(3-6-14(13)22)17-26-19(30-28-17)27-18(29)10-1-4-12(5-2-10)25-16-8-15(21)23-9-24-16/h1-9H,(H,23,24,25)(H,26,27,28,29). The quantitative estimate of drug-likeness (QED) is 0.346. The number of anilines is 3. The zero-order valence-electron chi connectivity index (χ0n) is 14.9. The van der Waals surface area contributed by atoms with E-state index in [4.69, 9.17) is 11.6 Å². The van der Waals surface area contributed by atoms with Gasteiger partial charge in [-0.15, -0.1) is 0 Å². The monoisotopic (exact) mass is 504 g/mol. The molecule has 150 valence electrons. The van der Waals surface area contributed by atoms with Gasteiger partial charge in [0, 0.05) is 34.4 Å². The van der Waals surface area contributed by atoms with Gasteiger partial charge in [-0.2, -0.15) is 9.36 Å². The van der Waals surface area contributed by atoms with Crippen molar-refractivity contribution in [2.45, 2.75) is 0 Å². The molecule has 0 unspecified atom stereocenters. The average molecular weight is 506 g/mol. The molecule has 0 aliphatic rings. The van der Waals surface area contributed by atoms with Crippen LogP contribution in [0.4, 0.5) is 21.0 Å². The number of carbonyl (C=O) groups excluding carboxylic acids is 1. The van der Waals surface area contributed by atoms with E-state index in [9.17, 15) is 9.18 Å². The van der Waals surface area contributed by atoms with Crippen LogP contribution in [0, 0.1) is 5.82 Å². The highest BCUT2D eigenvalue weighted by molar-refractivity contribution is 9.10. The van der Waals surface area contributed by atoms with Crippen LogP contribution in [0.15, 0.2) is 59.3 Å². The predicted molar refractivity (Wildman–Crippen MR) is 118 cm³/mol. The van der Waals surface area contributed by atoms with E-state index in [0.29, 0.717) is 37.5 Å². The van der Waals surface area contributed by atoms with E-state index in [1.807, 2.05) is 0 Å². The fourth-order valence-corrected chi connectivity index (χ4v) is 3.56. The summed E-state index contributed by atoms with van der Waals surface area (Å²) in [5.41, 5.74) is 1.82. The maximum atomic E-state index is 13.4. The summed E-state index contributed by atoms with van der Waals surface area (Å²) >= 11 is 10.0. The van der Waals surface area contributed by atoms with Crippen LogP contribution in [-0.4, -0.2) is 25.2 Å². The number of halogens is 3. The highest BCUT2D eigenvalue weighted by Gasteiger charge is 2.12. The van der Waals surface area contributed by atoms with Gasteiger partial charge >= 0.3 is 0 Å². The van der Waals surface area contributed by atoms with Crippen LogP contribution in [-0.2, 0) is 0 Å². The molecule has 0 aliphatic heterocycles. The largest absolute Gasteiger partial charge is 0.340 e.